The normalized spacial score (nSPS) is 14.2. The average molecular weight is 358 g/mol. The average Bonchev–Trinajstić information content (AvgIpc) is 2.68. The lowest BCUT2D eigenvalue weighted by atomic mass is 10.1. The Kier molecular flexibility index (Phi) is 5.40. The van der Waals surface area contributed by atoms with E-state index >= 15 is 0 Å². The fraction of sp³-hybridized carbons (Fsp3) is 0.333. The number of nitrogens with zero attached hydrogens (tertiary/aromatic N) is 4. The molecule has 0 saturated carbocycles. The number of amides is 1. The van der Waals surface area contributed by atoms with E-state index in [2.05, 4.69) is 9.97 Å². The third-order valence-corrected chi connectivity index (χ3v) is 4.20. The van der Waals surface area contributed by atoms with Crippen molar-refractivity contribution in [2.45, 2.75) is 6.92 Å². The highest BCUT2D eigenvalue weighted by Gasteiger charge is 2.23. The summed E-state index contributed by atoms with van der Waals surface area (Å²) >= 11 is 0. The van der Waals surface area contributed by atoms with Crippen LogP contribution in [-0.4, -0.2) is 59.5 Å². The SMILES string of the molecule is Cc1ccc(C(=O)OCC(=O)N2CCN(c3ncccn3)CC2)cc1F. The topological polar surface area (TPSA) is 75.6 Å². The summed E-state index contributed by atoms with van der Waals surface area (Å²) in [4.78, 5) is 36.2. The number of hydrogen-bond acceptors (Lipinski definition) is 6. The zero-order valence-corrected chi connectivity index (χ0v) is 14.4. The van der Waals surface area contributed by atoms with E-state index < -0.39 is 11.8 Å². The Morgan fingerprint density at radius 2 is 1.85 bits per heavy atom. The summed E-state index contributed by atoms with van der Waals surface area (Å²) in [5, 5.41) is 0. The summed E-state index contributed by atoms with van der Waals surface area (Å²) in [6, 6.07) is 5.83. The van der Waals surface area contributed by atoms with E-state index in [1.165, 1.54) is 12.1 Å². The molecule has 0 atom stereocenters. The number of ether oxygens (including phenoxy) is 1. The highest BCUT2D eigenvalue weighted by Crippen LogP contribution is 2.12. The molecule has 1 fully saturated rings. The van der Waals surface area contributed by atoms with Crippen LogP contribution >= 0.6 is 0 Å². The first kappa shape index (κ1) is 17.8. The lowest BCUT2D eigenvalue weighted by Crippen LogP contribution is -2.50. The van der Waals surface area contributed by atoms with Gasteiger partial charge in [0.05, 0.1) is 5.56 Å². The van der Waals surface area contributed by atoms with Crippen molar-refractivity contribution in [1.29, 1.82) is 0 Å². The number of aryl methyl sites for hydroxylation is 1. The van der Waals surface area contributed by atoms with Crippen molar-refractivity contribution in [2.24, 2.45) is 0 Å². The zero-order chi connectivity index (χ0) is 18.5. The first-order valence-electron chi connectivity index (χ1n) is 8.27. The smallest absolute Gasteiger partial charge is 0.338 e. The van der Waals surface area contributed by atoms with Gasteiger partial charge >= 0.3 is 5.97 Å². The van der Waals surface area contributed by atoms with Gasteiger partial charge in [0.15, 0.2) is 6.61 Å². The van der Waals surface area contributed by atoms with Crippen molar-refractivity contribution in [3.8, 4) is 0 Å². The Labute approximate surface area is 150 Å². The molecule has 26 heavy (non-hydrogen) atoms. The fourth-order valence-corrected chi connectivity index (χ4v) is 2.63. The number of aromatic nitrogens is 2. The molecule has 0 bridgehead atoms. The lowest BCUT2D eigenvalue weighted by molar-refractivity contribution is -0.134. The number of carbonyl (C=O) groups excluding carboxylic acids is 2. The Balaban J connectivity index is 1.48. The Bertz CT molecular complexity index is 792. The molecule has 0 aliphatic carbocycles. The molecule has 1 aromatic carbocycles. The van der Waals surface area contributed by atoms with Crippen LogP contribution in [0, 0.1) is 12.7 Å². The van der Waals surface area contributed by atoms with Crippen LogP contribution in [0.2, 0.25) is 0 Å². The van der Waals surface area contributed by atoms with E-state index in [0.29, 0.717) is 37.7 Å². The number of halogens is 1. The van der Waals surface area contributed by atoms with Crippen molar-refractivity contribution in [3.05, 3.63) is 53.6 Å². The molecule has 8 heteroatoms. The predicted molar refractivity (Wildman–Crippen MR) is 92.2 cm³/mol. The highest BCUT2D eigenvalue weighted by atomic mass is 19.1. The van der Waals surface area contributed by atoms with Gasteiger partial charge in [-0.05, 0) is 30.7 Å². The second-order valence-corrected chi connectivity index (χ2v) is 5.96. The van der Waals surface area contributed by atoms with Crippen LogP contribution in [0.1, 0.15) is 15.9 Å². The van der Waals surface area contributed by atoms with Crippen molar-refractivity contribution in [3.63, 3.8) is 0 Å². The molecular weight excluding hydrogens is 339 g/mol. The van der Waals surface area contributed by atoms with Gasteiger partial charge in [0.25, 0.3) is 5.91 Å². The summed E-state index contributed by atoms with van der Waals surface area (Å²) in [5.74, 6) is -0.842. The van der Waals surface area contributed by atoms with E-state index in [4.69, 9.17) is 4.74 Å². The highest BCUT2D eigenvalue weighted by molar-refractivity contribution is 5.91. The summed E-state index contributed by atoms with van der Waals surface area (Å²) in [6.07, 6.45) is 3.35. The van der Waals surface area contributed by atoms with Crippen molar-refractivity contribution >= 4 is 17.8 Å². The Morgan fingerprint density at radius 1 is 1.15 bits per heavy atom. The molecule has 2 aromatic rings. The molecule has 1 saturated heterocycles. The van der Waals surface area contributed by atoms with Crippen LogP contribution in [0.25, 0.3) is 0 Å². The Hall–Kier alpha value is -3.03. The third kappa shape index (κ3) is 4.14. The minimum Gasteiger partial charge on any atom is -0.452 e. The molecule has 7 nitrogen and oxygen atoms in total. The van der Waals surface area contributed by atoms with Gasteiger partial charge in [0, 0.05) is 38.6 Å². The monoisotopic (exact) mass is 358 g/mol. The zero-order valence-electron chi connectivity index (χ0n) is 14.4. The van der Waals surface area contributed by atoms with Crippen molar-refractivity contribution in [2.75, 3.05) is 37.7 Å². The molecule has 1 aromatic heterocycles. The van der Waals surface area contributed by atoms with Gasteiger partial charge in [-0.25, -0.2) is 19.2 Å². The second kappa shape index (κ2) is 7.90. The predicted octanol–water partition coefficient (Wildman–Crippen LogP) is 1.43. The number of piperazine rings is 1. The van der Waals surface area contributed by atoms with Gasteiger partial charge in [-0.3, -0.25) is 4.79 Å². The molecule has 1 aliphatic rings. The van der Waals surface area contributed by atoms with Crippen molar-refractivity contribution in [1.82, 2.24) is 14.9 Å². The van der Waals surface area contributed by atoms with Gasteiger partial charge in [0.2, 0.25) is 5.95 Å². The number of anilines is 1. The summed E-state index contributed by atoms with van der Waals surface area (Å²) in [5.41, 5.74) is 0.532. The molecule has 1 amide bonds. The standard InChI is InChI=1S/C18H19FN4O3/c1-13-3-4-14(11-15(13)19)17(25)26-12-16(24)22-7-9-23(10-8-22)18-20-5-2-6-21-18/h2-6,11H,7-10,12H2,1H3. The molecule has 2 heterocycles. The van der Waals surface area contributed by atoms with Gasteiger partial charge in [0.1, 0.15) is 5.82 Å². The fourth-order valence-electron chi connectivity index (χ4n) is 2.63. The maximum absolute atomic E-state index is 13.5. The lowest BCUT2D eigenvalue weighted by Gasteiger charge is -2.34. The van der Waals surface area contributed by atoms with Gasteiger partial charge in [-0.2, -0.15) is 0 Å². The molecule has 0 N–H and O–H groups in total. The summed E-state index contributed by atoms with van der Waals surface area (Å²) in [6.45, 7) is 3.44. The van der Waals surface area contributed by atoms with Crippen molar-refractivity contribution < 1.29 is 18.7 Å². The molecule has 0 radical (unpaired) electrons. The van der Waals surface area contributed by atoms with E-state index in [-0.39, 0.29) is 18.1 Å². The van der Waals surface area contributed by atoms with E-state index in [0.717, 1.165) is 6.07 Å². The van der Waals surface area contributed by atoms with Crippen LogP contribution in [0.5, 0.6) is 0 Å². The maximum Gasteiger partial charge on any atom is 0.338 e. The molecule has 3 rings (SSSR count). The van der Waals surface area contributed by atoms with Crippen LogP contribution in [0.3, 0.4) is 0 Å². The minimum absolute atomic E-state index is 0.0898. The molecule has 1 aliphatic heterocycles. The molecule has 136 valence electrons. The number of esters is 1. The van der Waals surface area contributed by atoms with Crippen LogP contribution < -0.4 is 4.90 Å². The van der Waals surface area contributed by atoms with E-state index in [1.807, 2.05) is 4.90 Å². The number of benzene rings is 1. The van der Waals surface area contributed by atoms with Gasteiger partial charge in [-0.15, -0.1) is 0 Å². The first-order valence-corrected chi connectivity index (χ1v) is 8.27. The van der Waals surface area contributed by atoms with E-state index in [1.54, 1.807) is 30.3 Å². The summed E-state index contributed by atoms with van der Waals surface area (Å²) in [7, 11) is 0. The maximum atomic E-state index is 13.5. The Morgan fingerprint density at radius 3 is 2.50 bits per heavy atom. The van der Waals surface area contributed by atoms with Gasteiger partial charge in [-0.1, -0.05) is 6.07 Å². The molecule has 0 spiro atoms. The molecular formula is C18H19FN4O3. The molecule has 0 unspecified atom stereocenters. The summed E-state index contributed by atoms with van der Waals surface area (Å²) < 4.78 is 18.5. The third-order valence-electron chi connectivity index (χ3n) is 4.20. The van der Waals surface area contributed by atoms with Crippen LogP contribution in [-0.2, 0) is 9.53 Å². The second-order valence-electron chi connectivity index (χ2n) is 5.96. The first-order chi connectivity index (χ1) is 12.5. The number of carbonyl (C=O) groups is 2. The number of hydrogen-bond donors (Lipinski definition) is 0. The van der Waals surface area contributed by atoms with E-state index in [9.17, 15) is 14.0 Å². The largest absolute Gasteiger partial charge is 0.452 e. The quantitative estimate of drug-likeness (QED) is 0.770. The van der Waals surface area contributed by atoms with Crippen LogP contribution in [0.4, 0.5) is 10.3 Å². The number of rotatable bonds is 4. The van der Waals surface area contributed by atoms with Crippen LogP contribution in [0.15, 0.2) is 36.7 Å². The minimum atomic E-state index is -0.714. The van der Waals surface area contributed by atoms with Gasteiger partial charge < -0.3 is 14.5 Å².